The fraction of sp³-hybridized carbons (Fsp3) is 0.300. The smallest absolute Gasteiger partial charge is 0.313 e. The Hall–Kier alpha value is -1.71. The van der Waals surface area contributed by atoms with Crippen molar-refractivity contribution in [3.05, 3.63) is 23.8 Å². The van der Waals surface area contributed by atoms with Gasteiger partial charge in [-0.2, -0.15) is 0 Å². The van der Waals surface area contributed by atoms with Crippen molar-refractivity contribution in [1.82, 2.24) is 0 Å². The SMILES string of the molecule is CC(C)(C(=O)O)c1cc(O)cc(O)c1. The van der Waals surface area contributed by atoms with E-state index in [1.807, 2.05) is 0 Å². The van der Waals surface area contributed by atoms with Crippen LogP contribution in [0.2, 0.25) is 0 Å². The Morgan fingerprint density at radius 2 is 1.57 bits per heavy atom. The molecule has 1 rings (SSSR count). The topological polar surface area (TPSA) is 77.8 Å². The molecule has 4 heteroatoms. The van der Waals surface area contributed by atoms with Gasteiger partial charge in [0.2, 0.25) is 0 Å². The van der Waals surface area contributed by atoms with Gasteiger partial charge in [-0.05, 0) is 31.5 Å². The van der Waals surface area contributed by atoms with Crippen molar-refractivity contribution in [3.8, 4) is 11.5 Å². The normalized spacial score (nSPS) is 11.3. The first-order valence-electron chi connectivity index (χ1n) is 4.11. The van der Waals surface area contributed by atoms with Gasteiger partial charge in [-0.15, -0.1) is 0 Å². The third-order valence-electron chi connectivity index (χ3n) is 2.16. The lowest BCUT2D eigenvalue weighted by molar-refractivity contribution is -0.142. The maximum absolute atomic E-state index is 10.9. The zero-order chi connectivity index (χ0) is 10.9. The van der Waals surface area contributed by atoms with E-state index >= 15 is 0 Å². The molecule has 0 aliphatic carbocycles. The molecule has 14 heavy (non-hydrogen) atoms. The van der Waals surface area contributed by atoms with Crippen molar-refractivity contribution in [2.24, 2.45) is 0 Å². The Bertz CT molecular complexity index is 348. The van der Waals surface area contributed by atoms with E-state index in [1.54, 1.807) is 0 Å². The van der Waals surface area contributed by atoms with E-state index in [1.165, 1.54) is 26.0 Å². The molecule has 0 aromatic heterocycles. The standard InChI is InChI=1S/C10H12O4/c1-10(2,9(13)14)6-3-7(11)5-8(12)4-6/h3-5,11-12H,1-2H3,(H,13,14). The first kappa shape index (κ1) is 10.4. The Morgan fingerprint density at radius 1 is 1.14 bits per heavy atom. The lowest BCUT2D eigenvalue weighted by Crippen LogP contribution is -2.28. The van der Waals surface area contributed by atoms with Crippen molar-refractivity contribution in [2.75, 3.05) is 0 Å². The molecule has 0 heterocycles. The van der Waals surface area contributed by atoms with E-state index in [4.69, 9.17) is 5.11 Å². The second-order valence-corrected chi connectivity index (χ2v) is 3.67. The van der Waals surface area contributed by atoms with Crippen LogP contribution in [0, 0.1) is 0 Å². The molecule has 0 aliphatic rings. The number of carbonyl (C=O) groups is 1. The number of benzene rings is 1. The molecular formula is C10H12O4. The first-order valence-corrected chi connectivity index (χ1v) is 4.11. The monoisotopic (exact) mass is 196 g/mol. The quantitative estimate of drug-likeness (QED) is 0.669. The lowest BCUT2D eigenvalue weighted by atomic mass is 9.84. The number of carboxylic acids is 1. The second kappa shape index (κ2) is 3.21. The number of aromatic hydroxyl groups is 2. The van der Waals surface area contributed by atoms with E-state index < -0.39 is 11.4 Å². The predicted octanol–water partition coefficient (Wildman–Crippen LogP) is 1.46. The number of phenolic OH excluding ortho intramolecular Hbond substituents is 2. The summed E-state index contributed by atoms with van der Waals surface area (Å²) in [5, 5.41) is 27.3. The molecule has 0 fully saturated rings. The molecular weight excluding hydrogens is 184 g/mol. The maximum atomic E-state index is 10.9. The van der Waals surface area contributed by atoms with Crippen LogP contribution >= 0.6 is 0 Å². The zero-order valence-electron chi connectivity index (χ0n) is 7.98. The van der Waals surface area contributed by atoms with E-state index in [9.17, 15) is 15.0 Å². The molecule has 0 radical (unpaired) electrons. The van der Waals surface area contributed by atoms with Gasteiger partial charge in [0.15, 0.2) is 0 Å². The predicted molar refractivity (Wildman–Crippen MR) is 50.4 cm³/mol. The Balaban J connectivity index is 3.25. The summed E-state index contributed by atoms with van der Waals surface area (Å²) in [7, 11) is 0. The molecule has 0 aliphatic heterocycles. The molecule has 1 aromatic rings. The van der Waals surface area contributed by atoms with Gasteiger partial charge in [0.05, 0.1) is 5.41 Å². The molecule has 0 bridgehead atoms. The van der Waals surface area contributed by atoms with Gasteiger partial charge in [0, 0.05) is 6.07 Å². The summed E-state index contributed by atoms with van der Waals surface area (Å²) in [6, 6.07) is 3.81. The molecule has 0 saturated heterocycles. The average molecular weight is 196 g/mol. The summed E-state index contributed by atoms with van der Waals surface area (Å²) in [5.74, 6) is -1.30. The van der Waals surface area contributed by atoms with Crippen LogP contribution in [0.4, 0.5) is 0 Å². The van der Waals surface area contributed by atoms with E-state index in [0.717, 1.165) is 6.07 Å². The minimum absolute atomic E-state index is 0.144. The van der Waals surface area contributed by atoms with Crippen molar-refractivity contribution in [3.63, 3.8) is 0 Å². The summed E-state index contributed by atoms with van der Waals surface area (Å²) >= 11 is 0. The molecule has 3 N–H and O–H groups in total. The molecule has 1 aromatic carbocycles. The third-order valence-corrected chi connectivity index (χ3v) is 2.16. The second-order valence-electron chi connectivity index (χ2n) is 3.67. The van der Waals surface area contributed by atoms with Gasteiger partial charge in [0.1, 0.15) is 11.5 Å². The summed E-state index contributed by atoms with van der Waals surface area (Å²) in [4.78, 5) is 10.9. The van der Waals surface area contributed by atoms with Crippen LogP contribution < -0.4 is 0 Å². The molecule has 4 nitrogen and oxygen atoms in total. The summed E-state index contributed by atoms with van der Waals surface area (Å²) < 4.78 is 0. The van der Waals surface area contributed by atoms with Gasteiger partial charge in [-0.25, -0.2) is 0 Å². The van der Waals surface area contributed by atoms with Crippen molar-refractivity contribution >= 4 is 5.97 Å². The number of rotatable bonds is 2. The Morgan fingerprint density at radius 3 is 1.93 bits per heavy atom. The van der Waals surface area contributed by atoms with E-state index in [0.29, 0.717) is 5.56 Å². The molecule has 0 unspecified atom stereocenters. The van der Waals surface area contributed by atoms with Crippen LogP contribution in [0.25, 0.3) is 0 Å². The molecule has 0 atom stereocenters. The highest BCUT2D eigenvalue weighted by molar-refractivity contribution is 5.80. The fourth-order valence-electron chi connectivity index (χ4n) is 1.08. The molecule has 76 valence electrons. The lowest BCUT2D eigenvalue weighted by Gasteiger charge is -2.19. The highest BCUT2D eigenvalue weighted by Gasteiger charge is 2.30. The van der Waals surface area contributed by atoms with Gasteiger partial charge < -0.3 is 15.3 Å². The third kappa shape index (κ3) is 1.79. The van der Waals surface area contributed by atoms with Crippen LogP contribution in [0.3, 0.4) is 0 Å². The Kier molecular flexibility index (Phi) is 2.38. The molecule has 0 saturated carbocycles. The molecule has 0 spiro atoms. The first-order chi connectivity index (χ1) is 6.34. The number of aliphatic carboxylic acids is 1. The Labute approximate surface area is 81.4 Å². The highest BCUT2D eigenvalue weighted by atomic mass is 16.4. The van der Waals surface area contributed by atoms with E-state index in [2.05, 4.69) is 0 Å². The van der Waals surface area contributed by atoms with Crippen LogP contribution in [-0.2, 0) is 10.2 Å². The van der Waals surface area contributed by atoms with Crippen molar-refractivity contribution in [2.45, 2.75) is 19.3 Å². The van der Waals surface area contributed by atoms with Crippen molar-refractivity contribution < 1.29 is 20.1 Å². The summed E-state index contributed by atoms with van der Waals surface area (Å²) in [5.41, 5.74) is -0.765. The van der Waals surface area contributed by atoms with Gasteiger partial charge >= 0.3 is 5.97 Å². The van der Waals surface area contributed by atoms with Gasteiger partial charge in [-0.3, -0.25) is 4.79 Å². The van der Waals surface area contributed by atoms with Crippen LogP contribution in [0.15, 0.2) is 18.2 Å². The number of hydrogen-bond donors (Lipinski definition) is 3. The average Bonchev–Trinajstić information content (AvgIpc) is 2.01. The largest absolute Gasteiger partial charge is 0.508 e. The number of phenols is 2. The summed E-state index contributed by atoms with van der Waals surface area (Å²) in [6.45, 7) is 3.01. The van der Waals surface area contributed by atoms with Crippen molar-refractivity contribution in [1.29, 1.82) is 0 Å². The number of hydrogen-bond acceptors (Lipinski definition) is 3. The van der Waals surface area contributed by atoms with Gasteiger partial charge in [0.25, 0.3) is 0 Å². The summed E-state index contributed by atoms with van der Waals surface area (Å²) in [6.07, 6.45) is 0. The van der Waals surface area contributed by atoms with Crippen LogP contribution in [0.1, 0.15) is 19.4 Å². The van der Waals surface area contributed by atoms with E-state index in [-0.39, 0.29) is 11.5 Å². The molecule has 0 amide bonds. The van der Waals surface area contributed by atoms with Gasteiger partial charge in [-0.1, -0.05) is 0 Å². The number of carboxylic acid groups (broad SMARTS) is 1. The zero-order valence-corrected chi connectivity index (χ0v) is 7.98. The minimum atomic E-state index is -1.13. The maximum Gasteiger partial charge on any atom is 0.313 e. The fourth-order valence-corrected chi connectivity index (χ4v) is 1.08. The van der Waals surface area contributed by atoms with Crippen LogP contribution in [-0.4, -0.2) is 21.3 Å². The highest BCUT2D eigenvalue weighted by Crippen LogP contribution is 2.30. The van der Waals surface area contributed by atoms with Crippen LogP contribution in [0.5, 0.6) is 11.5 Å². The minimum Gasteiger partial charge on any atom is -0.508 e.